The second-order valence-corrected chi connectivity index (χ2v) is 7.53. The number of carbonyl (C=O) groups excluding carboxylic acids is 2. The van der Waals surface area contributed by atoms with Crippen LogP contribution in [0.1, 0.15) is 13.8 Å². The van der Waals surface area contributed by atoms with Crippen molar-refractivity contribution in [1.29, 1.82) is 0 Å². The minimum atomic E-state index is -0.481. The van der Waals surface area contributed by atoms with E-state index in [1.165, 1.54) is 13.8 Å². The van der Waals surface area contributed by atoms with Gasteiger partial charge in [-0.25, -0.2) is 0 Å². The highest BCUT2D eigenvalue weighted by atomic mass is 79.9. The molecule has 0 radical (unpaired) electrons. The number of halogens is 1. The summed E-state index contributed by atoms with van der Waals surface area (Å²) in [5.41, 5.74) is 0. The van der Waals surface area contributed by atoms with E-state index in [0.29, 0.717) is 5.39 Å². The number of hydrogen-bond donors (Lipinski definition) is 0. The summed E-state index contributed by atoms with van der Waals surface area (Å²) in [5, 5.41) is 1.58. The Morgan fingerprint density at radius 1 is 0.885 bits per heavy atom. The Morgan fingerprint density at radius 2 is 1.58 bits per heavy atom. The van der Waals surface area contributed by atoms with Crippen LogP contribution in [0.25, 0.3) is 10.8 Å². The molecule has 0 spiro atoms. The first kappa shape index (κ1) is 18.5. The quantitative estimate of drug-likeness (QED) is 0.397. The molecule has 4 nitrogen and oxygen atoms in total. The summed E-state index contributed by atoms with van der Waals surface area (Å²) in [7, 11) is 0. The molecule has 26 heavy (non-hydrogen) atoms. The summed E-state index contributed by atoms with van der Waals surface area (Å²) in [6.45, 7) is 2.63. The zero-order valence-corrected chi connectivity index (χ0v) is 16.5. The van der Waals surface area contributed by atoms with E-state index in [9.17, 15) is 9.59 Å². The Morgan fingerprint density at radius 3 is 2.23 bits per heavy atom. The lowest BCUT2D eigenvalue weighted by atomic mass is 10.1. The van der Waals surface area contributed by atoms with Gasteiger partial charge >= 0.3 is 11.9 Å². The first-order valence-electron chi connectivity index (χ1n) is 7.80. The number of rotatable bonds is 4. The molecule has 0 fully saturated rings. The predicted octanol–water partition coefficient (Wildman–Crippen LogP) is 5.60. The average molecular weight is 431 g/mol. The number of carbonyl (C=O) groups is 2. The summed E-state index contributed by atoms with van der Waals surface area (Å²) < 4.78 is 11.6. The van der Waals surface area contributed by atoms with Gasteiger partial charge in [0.25, 0.3) is 0 Å². The van der Waals surface area contributed by atoms with Crippen LogP contribution in [0.15, 0.2) is 68.9 Å². The third-order valence-electron chi connectivity index (χ3n) is 3.45. The molecule has 132 valence electrons. The van der Waals surface area contributed by atoms with Crippen LogP contribution < -0.4 is 9.47 Å². The second-order valence-electron chi connectivity index (χ2n) is 5.49. The molecule has 6 heteroatoms. The van der Waals surface area contributed by atoms with Gasteiger partial charge < -0.3 is 9.47 Å². The summed E-state index contributed by atoms with van der Waals surface area (Å²) in [6.07, 6.45) is 0. The first-order valence-corrected chi connectivity index (χ1v) is 9.41. The second kappa shape index (κ2) is 7.93. The summed E-state index contributed by atoms with van der Waals surface area (Å²) >= 11 is 5.03. The standard InChI is InChI=1S/C20H15BrO4S/c1-12(22)24-18-11-19(26-15-6-4-3-5-7-15)17-10-14(21)8-9-16(17)20(18)25-13(2)23/h3-11H,1-2H3. The van der Waals surface area contributed by atoms with Crippen molar-refractivity contribution in [2.75, 3.05) is 0 Å². The molecule has 3 aromatic rings. The molecule has 0 amide bonds. The highest BCUT2D eigenvalue weighted by molar-refractivity contribution is 9.10. The molecule has 0 atom stereocenters. The molecule has 3 aromatic carbocycles. The van der Waals surface area contributed by atoms with Crippen LogP contribution in [0.5, 0.6) is 11.5 Å². The minimum Gasteiger partial charge on any atom is -0.423 e. The molecular weight excluding hydrogens is 416 g/mol. The molecule has 0 heterocycles. The van der Waals surface area contributed by atoms with E-state index in [0.717, 1.165) is 19.6 Å². The fraction of sp³-hybridized carbons (Fsp3) is 0.100. The van der Waals surface area contributed by atoms with Gasteiger partial charge in [-0.1, -0.05) is 45.9 Å². The van der Waals surface area contributed by atoms with E-state index < -0.39 is 11.9 Å². The van der Waals surface area contributed by atoms with E-state index in [-0.39, 0.29) is 11.5 Å². The zero-order valence-electron chi connectivity index (χ0n) is 14.1. The maximum atomic E-state index is 11.6. The third kappa shape index (κ3) is 4.26. The maximum absolute atomic E-state index is 11.6. The van der Waals surface area contributed by atoms with Crippen molar-refractivity contribution in [3.05, 3.63) is 59.1 Å². The van der Waals surface area contributed by atoms with Crippen LogP contribution in [-0.2, 0) is 9.59 Å². The Balaban J connectivity index is 2.24. The van der Waals surface area contributed by atoms with Crippen LogP contribution in [0, 0.1) is 0 Å². The van der Waals surface area contributed by atoms with Crippen molar-refractivity contribution >= 4 is 50.4 Å². The van der Waals surface area contributed by atoms with Crippen molar-refractivity contribution in [1.82, 2.24) is 0 Å². The normalized spacial score (nSPS) is 10.6. The zero-order chi connectivity index (χ0) is 18.7. The molecule has 0 aliphatic rings. The monoisotopic (exact) mass is 430 g/mol. The fourth-order valence-electron chi connectivity index (χ4n) is 2.49. The average Bonchev–Trinajstić information content (AvgIpc) is 2.58. The van der Waals surface area contributed by atoms with Gasteiger partial charge in [0.2, 0.25) is 0 Å². The molecule has 0 bridgehead atoms. The highest BCUT2D eigenvalue weighted by Gasteiger charge is 2.18. The van der Waals surface area contributed by atoms with E-state index in [1.807, 2.05) is 48.5 Å². The van der Waals surface area contributed by atoms with Gasteiger partial charge in [0.1, 0.15) is 0 Å². The van der Waals surface area contributed by atoms with Gasteiger partial charge in [-0.2, -0.15) is 0 Å². The van der Waals surface area contributed by atoms with Gasteiger partial charge in [-0.15, -0.1) is 0 Å². The Labute approximate surface area is 163 Å². The minimum absolute atomic E-state index is 0.223. The SMILES string of the molecule is CC(=O)Oc1cc(Sc2ccccc2)c2cc(Br)ccc2c1OC(C)=O. The van der Waals surface area contributed by atoms with Crippen LogP contribution >= 0.6 is 27.7 Å². The third-order valence-corrected chi connectivity index (χ3v) is 5.01. The molecule has 3 rings (SSSR count). The number of fused-ring (bicyclic) bond motifs is 1. The number of hydrogen-bond acceptors (Lipinski definition) is 5. The molecule has 0 aromatic heterocycles. The smallest absolute Gasteiger partial charge is 0.308 e. The van der Waals surface area contributed by atoms with Gasteiger partial charge in [-0.3, -0.25) is 9.59 Å². The van der Waals surface area contributed by atoms with Crippen molar-refractivity contribution in [2.45, 2.75) is 23.6 Å². The Kier molecular flexibility index (Phi) is 5.64. The lowest BCUT2D eigenvalue weighted by Gasteiger charge is -2.15. The molecule has 0 saturated heterocycles. The van der Waals surface area contributed by atoms with Crippen molar-refractivity contribution in [3.8, 4) is 11.5 Å². The lowest BCUT2D eigenvalue weighted by molar-refractivity contribution is -0.134. The number of ether oxygens (including phenoxy) is 2. The van der Waals surface area contributed by atoms with Crippen LogP contribution in [0.4, 0.5) is 0 Å². The summed E-state index contributed by atoms with van der Waals surface area (Å²) in [5.74, 6) is -0.495. The Bertz CT molecular complexity index is 986. The van der Waals surface area contributed by atoms with Gasteiger partial charge in [0.05, 0.1) is 0 Å². The molecule has 0 aliphatic heterocycles. The van der Waals surface area contributed by atoms with E-state index in [1.54, 1.807) is 17.8 Å². The largest absolute Gasteiger partial charge is 0.423 e. The molecule has 0 saturated carbocycles. The van der Waals surface area contributed by atoms with Crippen LogP contribution in [-0.4, -0.2) is 11.9 Å². The van der Waals surface area contributed by atoms with E-state index in [2.05, 4.69) is 15.9 Å². The molecule has 0 N–H and O–H groups in total. The first-order chi connectivity index (χ1) is 12.4. The van der Waals surface area contributed by atoms with Crippen molar-refractivity contribution in [3.63, 3.8) is 0 Å². The fourth-order valence-corrected chi connectivity index (χ4v) is 3.85. The van der Waals surface area contributed by atoms with Gasteiger partial charge in [-0.05, 0) is 36.4 Å². The molecule has 0 aliphatic carbocycles. The summed E-state index contributed by atoms with van der Waals surface area (Å²) in [4.78, 5) is 25.0. The molecular formula is C20H15BrO4S. The highest BCUT2D eigenvalue weighted by Crippen LogP contribution is 2.44. The number of esters is 2. The Hall–Kier alpha value is -2.31. The predicted molar refractivity (Wildman–Crippen MR) is 105 cm³/mol. The maximum Gasteiger partial charge on any atom is 0.308 e. The van der Waals surface area contributed by atoms with E-state index >= 15 is 0 Å². The van der Waals surface area contributed by atoms with Crippen LogP contribution in [0.2, 0.25) is 0 Å². The van der Waals surface area contributed by atoms with E-state index in [4.69, 9.17) is 9.47 Å². The van der Waals surface area contributed by atoms with Crippen molar-refractivity contribution in [2.24, 2.45) is 0 Å². The summed E-state index contributed by atoms with van der Waals surface area (Å²) in [6, 6.07) is 17.2. The topological polar surface area (TPSA) is 52.6 Å². The number of benzene rings is 3. The molecule has 0 unspecified atom stereocenters. The van der Waals surface area contributed by atoms with Gasteiger partial charge in [0, 0.05) is 38.9 Å². The van der Waals surface area contributed by atoms with Gasteiger partial charge in [0.15, 0.2) is 11.5 Å². The lowest BCUT2D eigenvalue weighted by Crippen LogP contribution is -2.08. The van der Waals surface area contributed by atoms with Crippen molar-refractivity contribution < 1.29 is 19.1 Å². The van der Waals surface area contributed by atoms with Crippen LogP contribution in [0.3, 0.4) is 0 Å².